The summed E-state index contributed by atoms with van der Waals surface area (Å²) in [5.41, 5.74) is 1.07. The molecule has 0 aromatic heterocycles. The van der Waals surface area contributed by atoms with E-state index in [1.807, 2.05) is 12.1 Å². The number of nitrogens with one attached hydrogen (secondary N) is 1. The van der Waals surface area contributed by atoms with Crippen LogP contribution in [0.5, 0.6) is 5.75 Å². The van der Waals surface area contributed by atoms with E-state index in [1.165, 1.54) is 12.1 Å². The van der Waals surface area contributed by atoms with E-state index in [-0.39, 0.29) is 17.3 Å². The number of benzene rings is 2. The van der Waals surface area contributed by atoms with Crippen LogP contribution in [0.15, 0.2) is 42.5 Å². The summed E-state index contributed by atoms with van der Waals surface area (Å²) in [6.07, 6.45) is 0. The van der Waals surface area contributed by atoms with E-state index in [0.717, 1.165) is 11.6 Å². The number of carbonyl (C=O) groups excluding carboxylic acids is 2. The molecule has 1 amide bonds. The van der Waals surface area contributed by atoms with Gasteiger partial charge in [-0.3, -0.25) is 4.79 Å². The first-order valence-electron chi connectivity index (χ1n) is 7.98. The zero-order valence-corrected chi connectivity index (χ0v) is 15.2. The number of rotatable bonds is 7. The molecule has 0 saturated carbocycles. The van der Waals surface area contributed by atoms with Crippen LogP contribution in [0.25, 0.3) is 0 Å². The largest absolute Gasteiger partial charge is 0.482 e. The van der Waals surface area contributed by atoms with E-state index in [4.69, 9.17) is 21.1 Å². The molecule has 0 atom stereocenters. The second-order valence-corrected chi connectivity index (χ2v) is 6.28. The zero-order chi connectivity index (χ0) is 19.1. The predicted octanol–water partition coefficient (Wildman–Crippen LogP) is 4.16. The highest BCUT2D eigenvalue weighted by atomic mass is 35.5. The Morgan fingerprint density at radius 2 is 1.81 bits per heavy atom. The Hall–Kier alpha value is -2.60. The summed E-state index contributed by atoms with van der Waals surface area (Å²) in [4.78, 5) is 23.4. The Morgan fingerprint density at radius 1 is 1.12 bits per heavy atom. The van der Waals surface area contributed by atoms with Crippen molar-refractivity contribution < 1.29 is 23.5 Å². The van der Waals surface area contributed by atoms with Gasteiger partial charge in [-0.05, 0) is 41.8 Å². The standard InChI is InChI=1S/C19H19ClFNO4/c1-12(2)13-3-6-15(7-4-13)25-11-19(24)26-10-18(23)22-17-9-14(20)5-8-16(17)21/h3-9,12H,10-11H2,1-2H3,(H,22,23). The quantitative estimate of drug-likeness (QED) is 0.733. The summed E-state index contributed by atoms with van der Waals surface area (Å²) in [6.45, 7) is 3.27. The summed E-state index contributed by atoms with van der Waals surface area (Å²) in [7, 11) is 0. The monoisotopic (exact) mass is 379 g/mol. The second-order valence-electron chi connectivity index (χ2n) is 5.85. The lowest BCUT2D eigenvalue weighted by Gasteiger charge is -2.10. The number of halogens is 2. The highest BCUT2D eigenvalue weighted by Gasteiger charge is 2.11. The van der Waals surface area contributed by atoms with E-state index in [0.29, 0.717) is 11.7 Å². The molecule has 0 aliphatic heterocycles. The number of ether oxygens (including phenoxy) is 2. The Labute approximate surface area is 156 Å². The summed E-state index contributed by atoms with van der Waals surface area (Å²) >= 11 is 5.73. The third-order valence-corrected chi connectivity index (χ3v) is 3.71. The summed E-state index contributed by atoms with van der Waals surface area (Å²) in [5.74, 6) is -1.10. The van der Waals surface area contributed by atoms with Crippen molar-refractivity contribution in [2.45, 2.75) is 19.8 Å². The molecule has 5 nitrogen and oxygen atoms in total. The average Bonchev–Trinajstić information content (AvgIpc) is 2.61. The highest BCUT2D eigenvalue weighted by Crippen LogP contribution is 2.20. The molecule has 0 heterocycles. The van der Waals surface area contributed by atoms with Crippen molar-refractivity contribution in [1.82, 2.24) is 0 Å². The molecule has 0 aliphatic carbocycles. The highest BCUT2D eigenvalue weighted by molar-refractivity contribution is 6.30. The fourth-order valence-electron chi connectivity index (χ4n) is 2.06. The first-order valence-corrected chi connectivity index (χ1v) is 8.36. The van der Waals surface area contributed by atoms with Gasteiger partial charge in [-0.25, -0.2) is 9.18 Å². The van der Waals surface area contributed by atoms with Gasteiger partial charge < -0.3 is 14.8 Å². The second kappa shape index (κ2) is 9.20. The average molecular weight is 380 g/mol. The van der Waals surface area contributed by atoms with Crippen molar-refractivity contribution in [3.63, 3.8) is 0 Å². The van der Waals surface area contributed by atoms with Crippen molar-refractivity contribution in [2.24, 2.45) is 0 Å². The van der Waals surface area contributed by atoms with Crippen molar-refractivity contribution in [3.8, 4) is 5.75 Å². The number of amides is 1. The molecule has 138 valence electrons. The van der Waals surface area contributed by atoms with Gasteiger partial charge in [0.25, 0.3) is 5.91 Å². The molecule has 0 aliphatic rings. The predicted molar refractivity (Wildman–Crippen MR) is 97.0 cm³/mol. The number of anilines is 1. The molecule has 0 radical (unpaired) electrons. The fraction of sp³-hybridized carbons (Fsp3) is 0.263. The molecule has 0 spiro atoms. The molecule has 0 saturated heterocycles. The van der Waals surface area contributed by atoms with Crippen LogP contribution in [-0.4, -0.2) is 25.1 Å². The van der Waals surface area contributed by atoms with Crippen molar-refractivity contribution in [2.75, 3.05) is 18.5 Å². The molecule has 2 aromatic carbocycles. The Bertz CT molecular complexity index is 778. The van der Waals surface area contributed by atoms with Crippen LogP contribution in [-0.2, 0) is 14.3 Å². The summed E-state index contributed by atoms with van der Waals surface area (Å²) in [6, 6.07) is 11.1. The molecule has 2 rings (SSSR count). The molecule has 0 bridgehead atoms. The maximum absolute atomic E-state index is 13.5. The van der Waals surface area contributed by atoms with Crippen LogP contribution < -0.4 is 10.1 Å². The Morgan fingerprint density at radius 3 is 2.46 bits per heavy atom. The third kappa shape index (κ3) is 6.04. The van der Waals surface area contributed by atoms with Crippen LogP contribution in [0.2, 0.25) is 5.02 Å². The van der Waals surface area contributed by atoms with Crippen LogP contribution in [0.1, 0.15) is 25.3 Å². The molecule has 2 aromatic rings. The molecule has 0 fully saturated rings. The van der Waals surface area contributed by atoms with Crippen molar-refractivity contribution in [1.29, 1.82) is 0 Å². The molecule has 7 heteroatoms. The minimum atomic E-state index is -0.709. The molecule has 26 heavy (non-hydrogen) atoms. The topological polar surface area (TPSA) is 64.6 Å². The van der Waals surface area contributed by atoms with Crippen molar-refractivity contribution >= 4 is 29.2 Å². The number of carbonyl (C=O) groups is 2. The van der Waals surface area contributed by atoms with Gasteiger partial charge in [0, 0.05) is 5.02 Å². The van der Waals surface area contributed by atoms with Crippen LogP contribution in [0.3, 0.4) is 0 Å². The normalized spacial score (nSPS) is 10.5. The number of hydrogen-bond acceptors (Lipinski definition) is 4. The summed E-state index contributed by atoms with van der Waals surface area (Å²) in [5, 5.41) is 2.55. The van der Waals surface area contributed by atoms with Gasteiger partial charge in [0.15, 0.2) is 13.2 Å². The van der Waals surface area contributed by atoms with E-state index < -0.39 is 24.3 Å². The number of hydrogen-bond donors (Lipinski definition) is 1. The van der Waals surface area contributed by atoms with Crippen LogP contribution in [0.4, 0.5) is 10.1 Å². The lowest BCUT2D eigenvalue weighted by atomic mass is 10.0. The first-order chi connectivity index (χ1) is 12.3. The lowest BCUT2D eigenvalue weighted by Crippen LogP contribution is -2.24. The minimum Gasteiger partial charge on any atom is -0.482 e. The minimum absolute atomic E-state index is 0.0833. The third-order valence-electron chi connectivity index (χ3n) is 3.47. The Balaban J connectivity index is 1.75. The van der Waals surface area contributed by atoms with Gasteiger partial charge in [-0.2, -0.15) is 0 Å². The smallest absolute Gasteiger partial charge is 0.344 e. The first kappa shape index (κ1) is 19.7. The van der Waals surface area contributed by atoms with Gasteiger partial charge in [0.2, 0.25) is 0 Å². The van der Waals surface area contributed by atoms with E-state index in [1.54, 1.807) is 12.1 Å². The molecule has 1 N–H and O–H groups in total. The lowest BCUT2D eigenvalue weighted by molar-refractivity contribution is -0.149. The molecule has 0 unspecified atom stereocenters. The van der Waals surface area contributed by atoms with Gasteiger partial charge in [-0.1, -0.05) is 37.6 Å². The fourth-order valence-corrected chi connectivity index (χ4v) is 2.23. The SMILES string of the molecule is CC(C)c1ccc(OCC(=O)OCC(=O)Nc2cc(Cl)ccc2F)cc1. The Kier molecular flexibility index (Phi) is 6.97. The van der Waals surface area contributed by atoms with E-state index in [2.05, 4.69) is 19.2 Å². The maximum atomic E-state index is 13.5. The van der Waals surface area contributed by atoms with Crippen LogP contribution in [0, 0.1) is 5.82 Å². The van der Waals surface area contributed by atoms with Gasteiger partial charge in [-0.15, -0.1) is 0 Å². The van der Waals surface area contributed by atoms with Gasteiger partial charge in [0.05, 0.1) is 5.69 Å². The zero-order valence-electron chi connectivity index (χ0n) is 14.4. The number of esters is 1. The molecular weight excluding hydrogens is 361 g/mol. The maximum Gasteiger partial charge on any atom is 0.344 e. The van der Waals surface area contributed by atoms with E-state index in [9.17, 15) is 14.0 Å². The van der Waals surface area contributed by atoms with Crippen molar-refractivity contribution in [3.05, 3.63) is 58.9 Å². The summed E-state index contributed by atoms with van der Waals surface area (Å²) < 4.78 is 23.6. The van der Waals surface area contributed by atoms with E-state index >= 15 is 0 Å². The molecular formula is C19H19ClFNO4. The van der Waals surface area contributed by atoms with Gasteiger partial charge >= 0.3 is 5.97 Å². The van der Waals surface area contributed by atoms with Crippen LogP contribution >= 0.6 is 11.6 Å². The van der Waals surface area contributed by atoms with Gasteiger partial charge in [0.1, 0.15) is 11.6 Å².